The summed E-state index contributed by atoms with van der Waals surface area (Å²) >= 11 is 1.54. The summed E-state index contributed by atoms with van der Waals surface area (Å²) in [7, 11) is 0. The van der Waals surface area contributed by atoms with Gasteiger partial charge in [0.2, 0.25) is 5.91 Å². The van der Waals surface area contributed by atoms with Gasteiger partial charge in [-0.1, -0.05) is 25.3 Å². The van der Waals surface area contributed by atoms with E-state index in [1.807, 2.05) is 24.5 Å². The molecule has 0 saturated heterocycles. The van der Waals surface area contributed by atoms with Crippen LogP contribution in [0, 0.1) is 11.8 Å². The highest BCUT2D eigenvalue weighted by molar-refractivity contribution is 7.99. The van der Waals surface area contributed by atoms with Crippen LogP contribution in [0.3, 0.4) is 0 Å². The highest BCUT2D eigenvalue weighted by Gasteiger charge is 2.23. The lowest BCUT2D eigenvalue weighted by Crippen LogP contribution is -2.43. The number of nitrogens with one attached hydrogen (secondary N) is 4. The molecule has 6 nitrogen and oxygen atoms in total. The van der Waals surface area contributed by atoms with Gasteiger partial charge in [-0.25, -0.2) is 0 Å². The predicted molar refractivity (Wildman–Crippen MR) is 139 cm³/mol. The highest BCUT2D eigenvalue weighted by atomic mass is 32.2. The van der Waals surface area contributed by atoms with Crippen LogP contribution in [0.15, 0.2) is 24.4 Å². The van der Waals surface area contributed by atoms with Gasteiger partial charge in [-0.2, -0.15) is 0 Å². The van der Waals surface area contributed by atoms with Crippen molar-refractivity contribution in [2.75, 3.05) is 32.4 Å². The first-order chi connectivity index (χ1) is 16.2. The number of hydrogen-bond acceptors (Lipinski definition) is 6. The summed E-state index contributed by atoms with van der Waals surface area (Å²) in [6, 6.07) is 6.63. The Morgan fingerprint density at radius 3 is 2.48 bits per heavy atom. The molecular formula is C26H45N5OS. The average Bonchev–Trinajstić information content (AvgIpc) is 2.87. The fraction of sp³-hybridized carbons (Fsp3) is 0.769. The summed E-state index contributed by atoms with van der Waals surface area (Å²) < 4.78 is 0. The van der Waals surface area contributed by atoms with Crippen molar-refractivity contribution in [1.82, 2.24) is 26.3 Å². The zero-order chi connectivity index (χ0) is 23.1. The highest BCUT2D eigenvalue weighted by Crippen LogP contribution is 2.28. The molecule has 0 bridgehead atoms. The summed E-state index contributed by atoms with van der Waals surface area (Å²) in [5.74, 6) is 1.49. The fourth-order valence-corrected chi connectivity index (χ4v) is 5.64. The Kier molecular flexibility index (Phi) is 12.6. The molecule has 4 N–H and O–H groups in total. The second kappa shape index (κ2) is 15.7. The minimum Gasteiger partial charge on any atom is -0.354 e. The standard InChI is InChI=1S/C26H45N5OS/c1-33-26(31-20-24-10-5-6-16-29-24)25(32)30-19-22-13-11-21(12-14-22)18-27-15-7-17-28-23-8-3-2-4-9-23/h5-6,10,16,21-23,26-28,31H,2-4,7-9,11-15,17-20H2,1H3,(H,30,32)/t21?,22?,26-/m0/s1. The van der Waals surface area contributed by atoms with Crippen molar-refractivity contribution in [3.05, 3.63) is 30.1 Å². The van der Waals surface area contributed by atoms with Crippen molar-refractivity contribution in [2.24, 2.45) is 11.8 Å². The SMILES string of the molecule is CS[C@H](NCc1ccccn1)C(=O)NCC1CCC(CNCCCNC2CCCCC2)CC1. The zero-order valence-electron chi connectivity index (χ0n) is 20.5. The molecule has 7 heteroatoms. The van der Waals surface area contributed by atoms with Gasteiger partial charge in [-0.15, -0.1) is 11.8 Å². The van der Waals surface area contributed by atoms with Gasteiger partial charge in [0.25, 0.3) is 0 Å². The van der Waals surface area contributed by atoms with E-state index in [0.29, 0.717) is 12.5 Å². The Morgan fingerprint density at radius 2 is 1.79 bits per heavy atom. The van der Waals surface area contributed by atoms with Crippen LogP contribution in [0.2, 0.25) is 0 Å². The third-order valence-electron chi connectivity index (χ3n) is 7.20. The summed E-state index contributed by atoms with van der Waals surface area (Å²) in [5, 5.41) is 13.7. The first-order valence-electron chi connectivity index (χ1n) is 13.1. The molecule has 1 heterocycles. The van der Waals surface area contributed by atoms with Gasteiger partial charge in [-0.3, -0.25) is 15.1 Å². The van der Waals surface area contributed by atoms with Gasteiger partial charge in [-0.05, 0) is 94.8 Å². The van der Waals surface area contributed by atoms with E-state index >= 15 is 0 Å². The van der Waals surface area contributed by atoms with E-state index in [1.54, 1.807) is 18.0 Å². The lowest BCUT2D eigenvalue weighted by molar-refractivity contribution is -0.121. The summed E-state index contributed by atoms with van der Waals surface area (Å²) in [5.41, 5.74) is 0.955. The van der Waals surface area contributed by atoms with Gasteiger partial charge < -0.3 is 16.0 Å². The molecule has 2 fully saturated rings. The second-order valence-corrected chi connectivity index (χ2v) is 10.7. The van der Waals surface area contributed by atoms with Crippen LogP contribution >= 0.6 is 11.8 Å². The van der Waals surface area contributed by atoms with E-state index < -0.39 is 0 Å². The molecule has 0 spiro atoms. The molecule has 2 saturated carbocycles. The second-order valence-electron chi connectivity index (χ2n) is 9.80. The number of hydrogen-bond donors (Lipinski definition) is 4. The summed E-state index contributed by atoms with van der Waals surface area (Å²) in [6.45, 7) is 4.83. The largest absolute Gasteiger partial charge is 0.354 e. The third kappa shape index (κ3) is 10.3. The van der Waals surface area contributed by atoms with Crippen LogP contribution in [-0.4, -0.2) is 54.7 Å². The maximum absolute atomic E-state index is 12.6. The van der Waals surface area contributed by atoms with E-state index in [0.717, 1.165) is 43.8 Å². The van der Waals surface area contributed by atoms with Crippen LogP contribution in [0.4, 0.5) is 0 Å². The fourth-order valence-electron chi connectivity index (χ4n) is 5.09. The van der Waals surface area contributed by atoms with Gasteiger partial charge >= 0.3 is 0 Å². The van der Waals surface area contributed by atoms with Crippen molar-refractivity contribution < 1.29 is 4.79 Å². The minimum atomic E-state index is -0.236. The molecular weight excluding hydrogens is 430 g/mol. The minimum absolute atomic E-state index is 0.0871. The quantitative estimate of drug-likeness (QED) is 0.243. The Morgan fingerprint density at radius 1 is 1.03 bits per heavy atom. The molecule has 1 atom stereocenters. The van der Waals surface area contributed by atoms with Crippen molar-refractivity contribution in [3.63, 3.8) is 0 Å². The Labute approximate surface area is 205 Å². The van der Waals surface area contributed by atoms with Crippen LogP contribution in [0.25, 0.3) is 0 Å². The van der Waals surface area contributed by atoms with Crippen LogP contribution in [0.5, 0.6) is 0 Å². The number of amides is 1. The lowest BCUT2D eigenvalue weighted by Gasteiger charge is -2.29. The Balaban J connectivity index is 1.20. The van der Waals surface area contributed by atoms with Crippen molar-refractivity contribution in [2.45, 2.75) is 82.2 Å². The predicted octanol–water partition coefficient (Wildman–Crippen LogP) is 3.68. The molecule has 2 aliphatic carbocycles. The first kappa shape index (κ1) is 26.5. The van der Waals surface area contributed by atoms with Crippen LogP contribution in [-0.2, 0) is 11.3 Å². The summed E-state index contributed by atoms with van der Waals surface area (Å²) in [6.07, 6.45) is 17.0. The van der Waals surface area contributed by atoms with Gasteiger partial charge in [0.05, 0.1) is 5.69 Å². The molecule has 33 heavy (non-hydrogen) atoms. The molecule has 1 aromatic heterocycles. The molecule has 3 rings (SSSR count). The van der Waals surface area contributed by atoms with E-state index in [2.05, 4.69) is 26.3 Å². The number of rotatable bonds is 14. The van der Waals surface area contributed by atoms with Crippen LogP contribution in [0.1, 0.15) is 69.9 Å². The smallest absolute Gasteiger partial charge is 0.247 e. The zero-order valence-corrected chi connectivity index (χ0v) is 21.3. The number of pyridine rings is 1. The molecule has 0 aromatic carbocycles. The molecule has 186 valence electrons. The third-order valence-corrected chi connectivity index (χ3v) is 8.05. The van der Waals surface area contributed by atoms with E-state index in [1.165, 1.54) is 64.2 Å². The van der Waals surface area contributed by atoms with Crippen molar-refractivity contribution in [1.29, 1.82) is 0 Å². The van der Waals surface area contributed by atoms with Crippen molar-refractivity contribution in [3.8, 4) is 0 Å². The topological polar surface area (TPSA) is 78.1 Å². The maximum atomic E-state index is 12.6. The Bertz CT molecular complexity index is 647. The summed E-state index contributed by atoms with van der Waals surface area (Å²) in [4.78, 5) is 16.9. The molecule has 1 aromatic rings. The molecule has 1 amide bonds. The number of thioether (sulfide) groups is 1. The lowest BCUT2D eigenvalue weighted by atomic mass is 9.82. The number of aromatic nitrogens is 1. The molecule has 0 aliphatic heterocycles. The molecule has 0 radical (unpaired) electrons. The Hall–Kier alpha value is -1.15. The van der Waals surface area contributed by atoms with E-state index in [-0.39, 0.29) is 11.3 Å². The monoisotopic (exact) mass is 475 g/mol. The van der Waals surface area contributed by atoms with Gasteiger partial charge in [0.1, 0.15) is 5.37 Å². The normalized spacial score (nSPS) is 22.7. The number of carbonyl (C=O) groups excluding carboxylic acids is 1. The van der Waals surface area contributed by atoms with E-state index in [9.17, 15) is 4.79 Å². The van der Waals surface area contributed by atoms with Crippen molar-refractivity contribution >= 4 is 17.7 Å². The number of nitrogens with zero attached hydrogens (tertiary/aromatic N) is 1. The van der Waals surface area contributed by atoms with Gasteiger partial charge in [0, 0.05) is 25.3 Å². The van der Waals surface area contributed by atoms with Gasteiger partial charge in [0.15, 0.2) is 0 Å². The number of carbonyl (C=O) groups is 1. The molecule has 2 aliphatic rings. The molecule has 0 unspecified atom stereocenters. The van der Waals surface area contributed by atoms with Crippen LogP contribution < -0.4 is 21.3 Å². The van der Waals surface area contributed by atoms with E-state index in [4.69, 9.17) is 0 Å². The average molecular weight is 476 g/mol. The maximum Gasteiger partial charge on any atom is 0.247 e. The first-order valence-corrected chi connectivity index (χ1v) is 14.4.